The van der Waals surface area contributed by atoms with E-state index in [9.17, 15) is 14.0 Å². The molecule has 2 aromatic rings. The molecule has 0 saturated heterocycles. The molecular formula is C19H21FN2O2. The number of rotatable bonds is 6. The molecule has 2 amide bonds. The first-order chi connectivity index (χ1) is 11.5. The van der Waals surface area contributed by atoms with E-state index in [0.29, 0.717) is 24.9 Å². The van der Waals surface area contributed by atoms with Gasteiger partial charge in [-0.25, -0.2) is 4.39 Å². The molecule has 0 aliphatic rings. The zero-order chi connectivity index (χ0) is 17.5. The van der Waals surface area contributed by atoms with Crippen molar-refractivity contribution in [2.45, 2.75) is 19.4 Å². The lowest BCUT2D eigenvalue weighted by atomic mass is 10.1. The van der Waals surface area contributed by atoms with Crippen molar-refractivity contribution in [3.8, 4) is 0 Å². The third-order valence-electron chi connectivity index (χ3n) is 3.63. The Bertz CT molecular complexity index is 712. The van der Waals surface area contributed by atoms with Crippen molar-refractivity contribution in [3.05, 3.63) is 71.0 Å². The second kappa shape index (κ2) is 8.24. The number of benzene rings is 2. The van der Waals surface area contributed by atoms with Crippen LogP contribution < -0.4 is 5.32 Å². The predicted octanol–water partition coefficient (Wildman–Crippen LogP) is 2.78. The molecule has 126 valence electrons. The quantitative estimate of drug-likeness (QED) is 0.886. The normalized spacial score (nSPS) is 10.3. The molecule has 0 aromatic heterocycles. The zero-order valence-corrected chi connectivity index (χ0v) is 13.9. The maximum absolute atomic E-state index is 13.1. The van der Waals surface area contributed by atoms with Gasteiger partial charge < -0.3 is 10.2 Å². The third-order valence-corrected chi connectivity index (χ3v) is 3.63. The maximum atomic E-state index is 13.1. The van der Waals surface area contributed by atoms with Crippen molar-refractivity contribution in [1.29, 1.82) is 0 Å². The first-order valence-electron chi connectivity index (χ1n) is 7.77. The minimum absolute atomic E-state index is 0.0549. The van der Waals surface area contributed by atoms with Gasteiger partial charge in [0.15, 0.2) is 0 Å². The summed E-state index contributed by atoms with van der Waals surface area (Å²) in [6, 6.07) is 13.4. The van der Waals surface area contributed by atoms with Crippen LogP contribution in [0.15, 0.2) is 48.5 Å². The zero-order valence-electron chi connectivity index (χ0n) is 13.9. The fourth-order valence-corrected chi connectivity index (χ4v) is 2.26. The van der Waals surface area contributed by atoms with E-state index in [1.54, 1.807) is 38.4 Å². The van der Waals surface area contributed by atoms with E-state index < -0.39 is 0 Å². The Hall–Kier alpha value is -2.69. The highest BCUT2D eigenvalue weighted by atomic mass is 19.1. The monoisotopic (exact) mass is 328 g/mol. The summed E-state index contributed by atoms with van der Waals surface area (Å²) in [5.74, 6) is -0.436. The molecule has 5 heteroatoms. The van der Waals surface area contributed by atoms with Crippen molar-refractivity contribution >= 4 is 11.8 Å². The van der Waals surface area contributed by atoms with E-state index in [4.69, 9.17) is 0 Å². The lowest BCUT2D eigenvalue weighted by molar-refractivity contribution is -0.121. The number of aryl methyl sites for hydroxylation is 1. The maximum Gasteiger partial charge on any atom is 0.253 e. The summed E-state index contributed by atoms with van der Waals surface area (Å²) >= 11 is 0. The predicted molar refractivity (Wildman–Crippen MR) is 91.0 cm³/mol. The molecule has 0 fully saturated rings. The molecule has 1 N–H and O–H groups in total. The van der Waals surface area contributed by atoms with Crippen LogP contribution in [0.4, 0.5) is 4.39 Å². The fourth-order valence-electron chi connectivity index (χ4n) is 2.26. The highest BCUT2D eigenvalue weighted by molar-refractivity contribution is 5.93. The first kappa shape index (κ1) is 17.7. The Morgan fingerprint density at radius 1 is 1.04 bits per heavy atom. The summed E-state index contributed by atoms with van der Waals surface area (Å²) in [4.78, 5) is 25.2. The van der Waals surface area contributed by atoms with Gasteiger partial charge in [-0.2, -0.15) is 0 Å². The molecule has 0 aliphatic heterocycles. The van der Waals surface area contributed by atoms with Gasteiger partial charge in [-0.1, -0.05) is 24.3 Å². The molecule has 0 radical (unpaired) electrons. The average Bonchev–Trinajstić information content (AvgIpc) is 2.58. The van der Waals surface area contributed by atoms with Crippen molar-refractivity contribution in [3.63, 3.8) is 0 Å². The number of carbonyl (C=O) groups excluding carboxylic acids is 2. The summed E-state index contributed by atoms with van der Waals surface area (Å²) in [6.45, 7) is 0.401. The molecule has 0 aliphatic carbocycles. The van der Waals surface area contributed by atoms with Crippen LogP contribution in [0, 0.1) is 5.82 Å². The lowest BCUT2D eigenvalue weighted by Crippen LogP contribution is -2.23. The number of hydrogen-bond acceptors (Lipinski definition) is 2. The van der Waals surface area contributed by atoms with Crippen molar-refractivity contribution < 1.29 is 14.0 Å². The number of nitrogens with one attached hydrogen (secondary N) is 1. The highest BCUT2D eigenvalue weighted by Crippen LogP contribution is 2.08. The summed E-state index contributed by atoms with van der Waals surface area (Å²) in [6.07, 6.45) is 0.806. The van der Waals surface area contributed by atoms with Crippen LogP contribution in [0.1, 0.15) is 27.9 Å². The van der Waals surface area contributed by atoms with Gasteiger partial charge in [0, 0.05) is 32.6 Å². The van der Waals surface area contributed by atoms with E-state index in [1.165, 1.54) is 17.0 Å². The van der Waals surface area contributed by atoms with Gasteiger partial charge in [0.1, 0.15) is 5.82 Å². The van der Waals surface area contributed by atoms with Gasteiger partial charge in [-0.05, 0) is 41.8 Å². The lowest BCUT2D eigenvalue weighted by Gasteiger charge is -2.11. The Labute approximate surface area is 141 Å². The van der Waals surface area contributed by atoms with Crippen LogP contribution in [0.2, 0.25) is 0 Å². The second-order valence-electron chi connectivity index (χ2n) is 5.80. The third kappa shape index (κ3) is 5.19. The second-order valence-corrected chi connectivity index (χ2v) is 5.80. The summed E-state index contributed by atoms with van der Waals surface area (Å²) in [5, 5.41) is 2.83. The Morgan fingerprint density at radius 2 is 1.75 bits per heavy atom. The topological polar surface area (TPSA) is 49.4 Å². The number of carbonyl (C=O) groups is 2. The van der Waals surface area contributed by atoms with Gasteiger partial charge in [-0.3, -0.25) is 9.59 Å². The van der Waals surface area contributed by atoms with Gasteiger partial charge in [-0.15, -0.1) is 0 Å². The number of amides is 2. The van der Waals surface area contributed by atoms with Crippen molar-refractivity contribution in [2.24, 2.45) is 0 Å². The molecule has 0 bridgehead atoms. The minimum Gasteiger partial charge on any atom is -0.352 e. The smallest absolute Gasteiger partial charge is 0.253 e. The molecule has 4 nitrogen and oxygen atoms in total. The standard InChI is InChI=1S/C19H21FN2O2/c1-22(2)19(24)16-9-6-15(7-10-16)13-21-18(23)11-8-14-4-3-5-17(20)12-14/h3-7,9-10,12H,8,11,13H2,1-2H3,(H,21,23). The molecule has 0 spiro atoms. The molecular weight excluding hydrogens is 307 g/mol. The van der Waals surface area contributed by atoms with Crippen molar-refractivity contribution in [2.75, 3.05) is 14.1 Å². The number of nitrogens with zero attached hydrogens (tertiary/aromatic N) is 1. The minimum atomic E-state index is -0.291. The highest BCUT2D eigenvalue weighted by Gasteiger charge is 2.08. The molecule has 0 saturated carbocycles. The van der Waals surface area contributed by atoms with Gasteiger partial charge in [0.2, 0.25) is 5.91 Å². The van der Waals surface area contributed by atoms with Crippen LogP contribution in [0.5, 0.6) is 0 Å². The Balaban J connectivity index is 1.80. The fraction of sp³-hybridized carbons (Fsp3) is 0.263. The van der Waals surface area contributed by atoms with E-state index in [1.807, 2.05) is 12.1 Å². The summed E-state index contributed by atoms with van der Waals surface area (Å²) in [5.41, 5.74) is 2.34. The molecule has 2 aromatic carbocycles. The van der Waals surface area contributed by atoms with Gasteiger partial charge >= 0.3 is 0 Å². The number of hydrogen-bond donors (Lipinski definition) is 1. The van der Waals surface area contributed by atoms with Gasteiger partial charge in [0.05, 0.1) is 0 Å². The molecule has 0 unspecified atom stereocenters. The molecule has 2 rings (SSSR count). The van der Waals surface area contributed by atoms with Crippen LogP contribution in [0.25, 0.3) is 0 Å². The Morgan fingerprint density at radius 3 is 2.38 bits per heavy atom. The van der Waals surface area contributed by atoms with E-state index in [-0.39, 0.29) is 17.6 Å². The largest absolute Gasteiger partial charge is 0.352 e. The molecule has 0 atom stereocenters. The first-order valence-corrected chi connectivity index (χ1v) is 7.77. The Kier molecular flexibility index (Phi) is 6.07. The van der Waals surface area contributed by atoms with Crippen LogP contribution >= 0.6 is 0 Å². The number of halogens is 1. The van der Waals surface area contributed by atoms with Crippen LogP contribution in [-0.4, -0.2) is 30.8 Å². The van der Waals surface area contributed by atoms with Crippen LogP contribution in [0.3, 0.4) is 0 Å². The molecule has 24 heavy (non-hydrogen) atoms. The summed E-state index contributed by atoms with van der Waals surface area (Å²) < 4.78 is 13.1. The van der Waals surface area contributed by atoms with E-state index in [0.717, 1.165) is 11.1 Å². The summed E-state index contributed by atoms with van der Waals surface area (Å²) in [7, 11) is 3.41. The average molecular weight is 328 g/mol. The van der Waals surface area contributed by atoms with Crippen LogP contribution in [-0.2, 0) is 17.8 Å². The van der Waals surface area contributed by atoms with Crippen molar-refractivity contribution in [1.82, 2.24) is 10.2 Å². The molecule has 0 heterocycles. The SMILES string of the molecule is CN(C)C(=O)c1ccc(CNC(=O)CCc2cccc(F)c2)cc1. The van der Waals surface area contributed by atoms with E-state index in [2.05, 4.69) is 5.32 Å². The van der Waals surface area contributed by atoms with Gasteiger partial charge in [0.25, 0.3) is 5.91 Å². The van der Waals surface area contributed by atoms with E-state index >= 15 is 0 Å².